The lowest BCUT2D eigenvalue weighted by molar-refractivity contribution is -0.126. The van der Waals surface area contributed by atoms with Gasteiger partial charge in [-0.2, -0.15) is 0 Å². The number of amides is 1. The van der Waals surface area contributed by atoms with Crippen molar-refractivity contribution in [3.63, 3.8) is 0 Å². The normalized spacial score (nSPS) is 14.0. The van der Waals surface area contributed by atoms with Gasteiger partial charge in [-0.3, -0.25) is 14.9 Å². The molecule has 0 saturated carbocycles. The number of carbonyl (C=O) groups is 2. The van der Waals surface area contributed by atoms with Crippen molar-refractivity contribution < 1.29 is 9.59 Å². The van der Waals surface area contributed by atoms with E-state index in [0.29, 0.717) is 0 Å². The zero-order chi connectivity index (χ0) is 10.4. The molecule has 0 aliphatic heterocycles. The summed E-state index contributed by atoms with van der Waals surface area (Å²) in [6.07, 6.45) is 5.08. The van der Waals surface area contributed by atoms with E-state index >= 15 is 0 Å². The van der Waals surface area contributed by atoms with E-state index < -0.39 is 12.1 Å². The lowest BCUT2D eigenvalue weighted by atomic mass is 10.2. The maximum Gasteiger partial charge on any atom is 0.250 e. The molecule has 0 saturated heterocycles. The van der Waals surface area contributed by atoms with Gasteiger partial charge in [-0.05, 0) is 20.9 Å². The number of hydrogen-bond donors (Lipinski definition) is 2. The molecule has 2 atom stereocenters. The van der Waals surface area contributed by atoms with Gasteiger partial charge in [0.1, 0.15) is 6.04 Å². The van der Waals surface area contributed by atoms with Crippen molar-refractivity contribution in [3.8, 4) is 12.3 Å². The standard InChI is InChI=1S/C9H14N2O2/c1-5-8(10-4)9(13)11-6(2)7(3)12/h1,6,8,10H,2-4H3,(H,11,13)/t6-,8-/m0/s1. The fraction of sp³-hybridized carbons (Fsp3) is 0.556. The Bertz CT molecular complexity index is 242. The number of terminal acetylenes is 1. The van der Waals surface area contributed by atoms with Gasteiger partial charge in [0.05, 0.1) is 6.04 Å². The molecule has 0 aromatic carbocycles. The van der Waals surface area contributed by atoms with Gasteiger partial charge in [-0.25, -0.2) is 0 Å². The maximum atomic E-state index is 11.3. The molecule has 1 amide bonds. The summed E-state index contributed by atoms with van der Waals surface area (Å²) < 4.78 is 0. The van der Waals surface area contributed by atoms with Gasteiger partial charge < -0.3 is 5.32 Å². The number of carbonyl (C=O) groups excluding carboxylic acids is 2. The lowest BCUT2D eigenvalue weighted by Gasteiger charge is -2.13. The van der Waals surface area contributed by atoms with Crippen molar-refractivity contribution in [2.45, 2.75) is 25.9 Å². The minimum absolute atomic E-state index is 0.0970. The summed E-state index contributed by atoms with van der Waals surface area (Å²) in [6, 6.07) is -1.17. The molecule has 0 fully saturated rings. The predicted molar refractivity (Wildman–Crippen MR) is 50.0 cm³/mol. The van der Waals surface area contributed by atoms with Crippen LogP contribution in [-0.4, -0.2) is 30.8 Å². The molecule has 0 aliphatic carbocycles. The van der Waals surface area contributed by atoms with Crippen LogP contribution in [0.25, 0.3) is 0 Å². The van der Waals surface area contributed by atoms with Crippen LogP contribution in [0.1, 0.15) is 13.8 Å². The summed E-state index contributed by atoms with van der Waals surface area (Å²) >= 11 is 0. The fourth-order valence-electron chi connectivity index (χ4n) is 0.688. The molecule has 72 valence electrons. The zero-order valence-corrected chi connectivity index (χ0v) is 8.05. The predicted octanol–water partition coefficient (Wildman–Crippen LogP) is -0.699. The third kappa shape index (κ3) is 3.72. The molecule has 0 spiro atoms. The third-order valence-corrected chi connectivity index (χ3v) is 1.69. The SMILES string of the molecule is C#C[C@H](NC)C(=O)N[C@@H](C)C(C)=O. The summed E-state index contributed by atoms with van der Waals surface area (Å²) in [5.74, 6) is 1.81. The van der Waals surface area contributed by atoms with Gasteiger partial charge in [0.25, 0.3) is 0 Å². The molecule has 0 rings (SSSR count). The summed E-state index contributed by atoms with van der Waals surface area (Å²) in [4.78, 5) is 22.0. The van der Waals surface area contributed by atoms with E-state index in [-0.39, 0.29) is 11.7 Å². The molecular formula is C9H14N2O2. The maximum absolute atomic E-state index is 11.3. The van der Waals surface area contributed by atoms with E-state index in [1.54, 1.807) is 14.0 Å². The molecule has 13 heavy (non-hydrogen) atoms. The number of nitrogens with one attached hydrogen (secondary N) is 2. The highest BCUT2D eigenvalue weighted by molar-refractivity contribution is 5.90. The quantitative estimate of drug-likeness (QED) is 0.565. The Morgan fingerprint density at radius 2 is 2.00 bits per heavy atom. The molecule has 2 N–H and O–H groups in total. The molecular weight excluding hydrogens is 168 g/mol. The fourth-order valence-corrected chi connectivity index (χ4v) is 0.688. The van der Waals surface area contributed by atoms with Crippen LogP contribution in [0, 0.1) is 12.3 Å². The van der Waals surface area contributed by atoms with E-state index in [0.717, 1.165) is 0 Å². The summed E-state index contributed by atoms with van der Waals surface area (Å²) in [5, 5.41) is 5.12. The van der Waals surface area contributed by atoms with Gasteiger partial charge in [-0.15, -0.1) is 6.42 Å². The van der Waals surface area contributed by atoms with Crippen molar-refractivity contribution in [1.82, 2.24) is 10.6 Å². The van der Waals surface area contributed by atoms with Crippen molar-refractivity contribution in [2.75, 3.05) is 7.05 Å². The first-order valence-electron chi connectivity index (χ1n) is 3.97. The summed E-state index contributed by atoms with van der Waals surface area (Å²) in [7, 11) is 1.59. The molecule has 0 radical (unpaired) electrons. The lowest BCUT2D eigenvalue weighted by Crippen LogP contribution is -2.47. The first-order valence-corrected chi connectivity index (χ1v) is 3.97. The first-order chi connectivity index (χ1) is 6.02. The molecule has 0 aromatic rings. The van der Waals surface area contributed by atoms with Crippen LogP contribution in [0.2, 0.25) is 0 Å². The second-order valence-electron chi connectivity index (χ2n) is 2.73. The highest BCUT2D eigenvalue weighted by Crippen LogP contribution is 1.86. The van der Waals surface area contributed by atoms with Crippen LogP contribution in [-0.2, 0) is 9.59 Å². The average molecular weight is 182 g/mol. The van der Waals surface area contributed by atoms with Crippen LogP contribution in [0.15, 0.2) is 0 Å². The van der Waals surface area contributed by atoms with E-state index in [1.807, 2.05) is 0 Å². The van der Waals surface area contributed by atoms with Gasteiger partial charge >= 0.3 is 0 Å². The molecule has 4 nitrogen and oxygen atoms in total. The molecule has 4 heteroatoms. The number of ketones is 1. The monoisotopic (exact) mass is 182 g/mol. The van der Waals surface area contributed by atoms with Crippen LogP contribution < -0.4 is 10.6 Å². The topological polar surface area (TPSA) is 58.2 Å². The Labute approximate surface area is 78.1 Å². The minimum atomic E-state index is -0.679. The summed E-state index contributed by atoms with van der Waals surface area (Å²) in [6.45, 7) is 3.03. The second kappa shape index (κ2) is 5.33. The average Bonchev–Trinajstić information content (AvgIpc) is 2.06. The van der Waals surface area contributed by atoms with E-state index in [1.165, 1.54) is 6.92 Å². The Balaban J connectivity index is 4.15. The molecule has 0 heterocycles. The number of Topliss-reactive ketones (excluding diaryl/α,β-unsaturated/α-hetero) is 1. The van der Waals surface area contributed by atoms with E-state index in [9.17, 15) is 9.59 Å². The Kier molecular flexibility index (Phi) is 4.78. The van der Waals surface area contributed by atoms with Crippen LogP contribution >= 0.6 is 0 Å². The van der Waals surface area contributed by atoms with Crippen LogP contribution in [0.3, 0.4) is 0 Å². The zero-order valence-electron chi connectivity index (χ0n) is 8.05. The molecule has 0 bridgehead atoms. The Hall–Kier alpha value is -1.34. The highest BCUT2D eigenvalue weighted by Gasteiger charge is 2.17. The molecule has 0 unspecified atom stereocenters. The van der Waals surface area contributed by atoms with Gasteiger partial charge in [0.2, 0.25) is 5.91 Å². The van der Waals surface area contributed by atoms with Gasteiger partial charge in [0, 0.05) is 0 Å². The van der Waals surface area contributed by atoms with Crippen molar-refractivity contribution in [1.29, 1.82) is 0 Å². The summed E-state index contributed by atoms with van der Waals surface area (Å²) in [5.41, 5.74) is 0. The van der Waals surface area contributed by atoms with E-state index in [2.05, 4.69) is 16.6 Å². The second-order valence-corrected chi connectivity index (χ2v) is 2.73. The minimum Gasteiger partial charge on any atom is -0.344 e. The number of likely N-dealkylation sites (N-methyl/N-ethyl adjacent to an activating group) is 1. The number of rotatable bonds is 4. The third-order valence-electron chi connectivity index (χ3n) is 1.69. The molecule has 0 aliphatic rings. The first kappa shape index (κ1) is 11.7. The highest BCUT2D eigenvalue weighted by atomic mass is 16.2. The smallest absolute Gasteiger partial charge is 0.250 e. The molecule has 0 aromatic heterocycles. The number of hydrogen-bond acceptors (Lipinski definition) is 3. The van der Waals surface area contributed by atoms with Crippen molar-refractivity contribution in [2.24, 2.45) is 0 Å². The van der Waals surface area contributed by atoms with Crippen molar-refractivity contribution in [3.05, 3.63) is 0 Å². The van der Waals surface area contributed by atoms with Crippen LogP contribution in [0.5, 0.6) is 0 Å². The van der Waals surface area contributed by atoms with Crippen molar-refractivity contribution >= 4 is 11.7 Å². The Morgan fingerprint density at radius 1 is 1.46 bits per heavy atom. The van der Waals surface area contributed by atoms with Crippen LogP contribution in [0.4, 0.5) is 0 Å². The van der Waals surface area contributed by atoms with E-state index in [4.69, 9.17) is 6.42 Å². The van der Waals surface area contributed by atoms with Gasteiger partial charge in [0.15, 0.2) is 5.78 Å². The van der Waals surface area contributed by atoms with Gasteiger partial charge in [-0.1, -0.05) is 5.92 Å². The Morgan fingerprint density at radius 3 is 2.31 bits per heavy atom. The largest absolute Gasteiger partial charge is 0.344 e.